The molecule has 0 unspecified atom stereocenters. The first-order chi connectivity index (χ1) is 8.38. The highest BCUT2D eigenvalue weighted by molar-refractivity contribution is 5.50. The van der Waals surface area contributed by atoms with Gasteiger partial charge in [-0.15, -0.1) is 0 Å². The van der Waals surface area contributed by atoms with Gasteiger partial charge >= 0.3 is 0 Å². The molecule has 1 fully saturated rings. The fourth-order valence-electron chi connectivity index (χ4n) is 2.19. The van der Waals surface area contributed by atoms with E-state index in [0.717, 1.165) is 12.3 Å². The van der Waals surface area contributed by atoms with E-state index in [0.29, 0.717) is 0 Å². The molecule has 0 spiro atoms. The Morgan fingerprint density at radius 1 is 1.12 bits per heavy atom. The van der Waals surface area contributed by atoms with Crippen LogP contribution in [0.1, 0.15) is 24.8 Å². The summed E-state index contributed by atoms with van der Waals surface area (Å²) in [6.07, 6.45) is 8.56. The van der Waals surface area contributed by atoms with Gasteiger partial charge in [0.1, 0.15) is 5.75 Å². The van der Waals surface area contributed by atoms with Crippen molar-refractivity contribution in [2.45, 2.75) is 19.3 Å². The molecule has 1 aliphatic heterocycles. The lowest BCUT2D eigenvalue weighted by Crippen LogP contribution is -2.29. The Balaban J connectivity index is 1.82. The van der Waals surface area contributed by atoms with Crippen molar-refractivity contribution in [1.82, 2.24) is 4.90 Å². The fourth-order valence-corrected chi connectivity index (χ4v) is 2.19. The van der Waals surface area contributed by atoms with Crippen LogP contribution in [0.4, 0.5) is 0 Å². The molecule has 2 nitrogen and oxygen atoms in total. The maximum atomic E-state index is 5.14. The van der Waals surface area contributed by atoms with E-state index in [1.807, 2.05) is 12.1 Å². The molecule has 1 heterocycles. The molecule has 0 N–H and O–H groups in total. The number of ether oxygens (including phenoxy) is 1. The third-order valence-electron chi connectivity index (χ3n) is 3.24. The van der Waals surface area contributed by atoms with Gasteiger partial charge in [-0.25, -0.2) is 0 Å². The van der Waals surface area contributed by atoms with Gasteiger partial charge < -0.3 is 4.74 Å². The van der Waals surface area contributed by atoms with Gasteiger partial charge in [0.15, 0.2) is 0 Å². The quantitative estimate of drug-likeness (QED) is 0.789. The SMILES string of the molecule is COc1ccc(/C=C/CN2CCCCC2)cc1. The number of methoxy groups -OCH3 is 1. The molecule has 0 radical (unpaired) electrons. The first kappa shape index (κ1) is 12.2. The molecular weight excluding hydrogens is 210 g/mol. The number of hydrogen-bond acceptors (Lipinski definition) is 2. The maximum Gasteiger partial charge on any atom is 0.118 e. The summed E-state index contributed by atoms with van der Waals surface area (Å²) in [5, 5.41) is 0. The zero-order chi connectivity index (χ0) is 11.9. The Kier molecular flexibility index (Phi) is 4.63. The number of rotatable bonds is 4. The molecule has 1 aliphatic rings. The molecule has 0 amide bonds. The number of hydrogen-bond donors (Lipinski definition) is 0. The summed E-state index contributed by atoms with van der Waals surface area (Å²) in [5.74, 6) is 0.915. The van der Waals surface area contributed by atoms with Gasteiger partial charge in [0.05, 0.1) is 7.11 Å². The molecule has 1 aromatic rings. The molecule has 1 aromatic carbocycles. The minimum absolute atomic E-state index is 0.915. The van der Waals surface area contributed by atoms with Gasteiger partial charge in [-0.1, -0.05) is 30.7 Å². The number of benzene rings is 1. The molecule has 2 heteroatoms. The third kappa shape index (κ3) is 3.90. The van der Waals surface area contributed by atoms with Gasteiger partial charge in [-0.2, -0.15) is 0 Å². The summed E-state index contributed by atoms with van der Waals surface area (Å²) >= 11 is 0. The van der Waals surface area contributed by atoms with Crippen LogP contribution in [0.3, 0.4) is 0 Å². The molecule has 1 saturated heterocycles. The van der Waals surface area contributed by atoms with Crippen LogP contribution < -0.4 is 4.74 Å². The minimum Gasteiger partial charge on any atom is -0.497 e. The number of piperidine rings is 1. The lowest BCUT2D eigenvalue weighted by Gasteiger charge is -2.24. The summed E-state index contributed by atoms with van der Waals surface area (Å²) in [5.41, 5.74) is 1.24. The summed E-state index contributed by atoms with van der Waals surface area (Å²) in [6, 6.07) is 8.18. The molecule has 0 atom stereocenters. The second kappa shape index (κ2) is 6.45. The standard InChI is InChI=1S/C15H21NO/c1-17-15-9-7-14(8-10-15)6-5-13-16-11-3-2-4-12-16/h5-10H,2-4,11-13H2,1H3/b6-5+. The zero-order valence-electron chi connectivity index (χ0n) is 10.6. The highest BCUT2D eigenvalue weighted by atomic mass is 16.5. The number of nitrogens with zero attached hydrogens (tertiary/aromatic N) is 1. The van der Waals surface area contributed by atoms with Crippen molar-refractivity contribution in [3.8, 4) is 5.75 Å². The minimum atomic E-state index is 0.915. The molecule has 92 valence electrons. The smallest absolute Gasteiger partial charge is 0.118 e. The molecule has 0 bridgehead atoms. The second-order valence-corrected chi connectivity index (χ2v) is 4.54. The van der Waals surface area contributed by atoms with E-state index in [2.05, 4.69) is 29.2 Å². The Morgan fingerprint density at radius 3 is 2.47 bits per heavy atom. The Hall–Kier alpha value is -1.28. The Morgan fingerprint density at radius 2 is 1.82 bits per heavy atom. The summed E-state index contributed by atoms with van der Waals surface area (Å²) in [4.78, 5) is 2.52. The first-order valence-corrected chi connectivity index (χ1v) is 6.41. The number of likely N-dealkylation sites (tertiary alicyclic amines) is 1. The molecule has 0 saturated carbocycles. The van der Waals surface area contributed by atoms with E-state index < -0.39 is 0 Å². The topological polar surface area (TPSA) is 12.5 Å². The zero-order valence-corrected chi connectivity index (χ0v) is 10.6. The predicted molar refractivity (Wildman–Crippen MR) is 72.3 cm³/mol. The van der Waals surface area contributed by atoms with Crippen LogP contribution in [0.25, 0.3) is 6.08 Å². The van der Waals surface area contributed by atoms with E-state index in [9.17, 15) is 0 Å². The molecule has 17 heavy (non-hydrogen) atoms. The van der Waals surface area contributed by atoms with Gasteiger partial charge in [0.2, 0.25) is 0 Å². The molecule has 0 aromatic heterocycles. The predicted octanol–water partition coefficient (Wildman–Crippen LogP) is 3.19. The molecule has 2 rings (SSSR count). The largest absolute Gasteiger partial charge is 0.497 e. The van der Waals surface area contributed by atoms with Crippen LogP contribution >= 0.6 is 0 Å². The van der Waals surface area contributed by atoms with Crippen LogP contribution in [0.5, 0.6) is 5.75 Å². The normalized spacial score (nSPS) is 17.5. The van der Waals surface area contributed by atoms with Crippen molar-refractivity contribution in [1.29, 1.82) is 0 Å². The Labute approximate surface area is 104 Å². The van der Waals surface area contributed by atoms with Crippen molar-refractivity contribution in [3.63, 3.8) is 0 Å². The lowest BCUT2D eigenvalue weighted by atomic mass is 10.1. The average Bonchev–Trinajstić information content (AvgIpc) is 2.41. The van der Waals surface area contributed by atoms with Crippen molar-refractivity contribution in [3.05, 3.63) is 35.9 Å². The van der Waals surface area contributed by atoms with Crippen molar-refractivity contribution in [2.24, 2.45) is 0 Å². The van der Waals surface area contributed by atoms with E-state index in [1.165, 1.54) is 37.9 Å². The third-order valence-corrected chi connectivity index (χ3v) is 3.24. The van der Waals surface area contributed by atoms with Crippen LogP contribution in [-0.4, -0.2) is 31.6 Å². The second-order valence-electron chi connectivity index (χ2n) is 4.54. The Bertz CT molecular complexity index is 350. The van der Waals surface area contributed by atoms with Crippen molar-refractivity contribution in [2.75, 3.05) is 26.7 Å². The van der Waals surface area contributed by atoms with Crippen LogP contribution in [0, 0.1) is 0 Å². The average molecular weight is 231 g/mol. The summed E-state index contributed by atoms with van der Waals surface area (Å²) in [7, 11) is 1.70. The van der Waals surface area contributed by atoms with Gasteiger partial charge in [-0.3, -0.25) is 4.90 Å². The maximum absolute atomic E-state index is 5.14. The van der Waals surface area contributed by atoms with Gasteiger partial charge in [0, 0.05) is 6.54 Å². The van der Waals surface area contributed by atoms with Gasteiger partial charge in [-0.05, 0) is 43.6 Å². The van der Waals surface area contributed by atoms with E-state index >= 15 is 0 Å². The van der Waals surface area contributed by atoms with E-state index in [-0.39, 0.29) is 0 Å². The molecular formula is C15H21NO. The van der Waals surface area contributed by atoms with Crippen molar-refractivity contribution >= 4 is 6.08 Å². The van der Waals surface area contributed by atoms with Crippen LogP contribution in [0.15, 0.2) is 30.3 Å². The summed E-state index contributed by atoms with van der Waals surface area (Å²) < 4.78 is 5.14. The van der Waals surface area contributed by atoms with E-state index in [1.54, 1.807) is 7.11 Å². The van der Waals surface area contributed by atoms with Crippen LogP contribution in [-0.2, 0) is 0 Å². The molecule has 0 aliphatic carbocycles. The highest BCUT2D eigenvalue weighted by Crippen LogP contribution is 2.13. The first-order valence-electron chi connectivity index (χ1n) is 6.41. The van der Waals surface area contributed by atoms with Crippen LogP contribution in [0.2, 0.25) is 0 Å². The summed E-state index contributed by atoms with van der Waals surface area (Å²) in [6.45, 7) is 3.59. The van der Waals surface area contributed by atoms with Gasteiger partial charge in [0.25, 0.3) is 0 Å². The fraction of sp³-hybridized carbons (Fsp3) is 0.467. The van der Waals surface area contributed by atoms with E-state index in [4.69, 9.17) is 4.74 Å². The van der Waals surface area contributed by atoms with Crippen molar-refractivity contribution < 1.29 is 4.74 Å². The lowest BCUT2D eigenvalue weighted by molar-refractivity contribution is 0.252. The highest BCUT2D eigenvalue weighted by Gasteiger charge is 2.07. The monoisotopic (exact) mass is 231 g/mol.